The monoisotopic (exact) mass is 319 g/mol. The fourth-order valence-electron chi connectivity index (χ4n) is 1.92. The molecule has 0 aliphatic rings. The molecule has 0 bridgehead atoms. The van der Waals surface area contributed by atoms with Crippen LogP contribution in [0.15, 0.2) is 41.8 Å². The summed E-state index contributed by atoms with van der Waals surface area (Å²) < 4.78 is 5.09. The quantitative estimate of drug-likeness (QED) is 0.851. The normalized spacial score (nSPS) is 10.2. The van der Waals surface area contributed by atoms with Crippen molar-refractivity contribution >= 4 is 23.2 Å². The minimum absolute atomic E-state index is 0.114. The number of carbonyl (C=O) groups is 2. The molecule has 1 amide bonds. The van der Waals surface area contributed by atoms with E-state index in [1.807, 2.05) is 17.5 Å². The number of likely N-dealkylation sites (N-methyl/N-ethyl adjacent to an activating group) is 1. The van der Waals surface area contributed by atoms with Crippen LogP contribution in [0.5, 0.6) is 5.75 Å². The van der Waals surface area contributed by atoms with Crippen LogP contribution in [0.3, 0.4) is 0 Å². The number of carbonyl (C=O) groups excluding carboxylic acids is 1. The van der Waals surface area contributed by atoms with Gasteiger partial charge >= 0.3 is 5.97 Å². The van der Waals surface area contributed by atoms with Crippen molar-refractivity contribution in [3.05, 3.63) is 52.2 Å². The van der Waals surface area contributed by atoms with Gasteiger partial charge in [0.1, 0.15) is 5.75 Å². The Morgan fingerprint density at radius 1 is 1.27 bits per heavy atom. The first kappa shape index (κ1) is 16.0. The smallest absolute Gasteiger partial charge is 0.341 e. The van der Waals surface area contributed by atoms with Crippen molar-refractivity contribution in [1.29, 1.82) is 0 Å². The zero-order valence-electron chi connectivity index (χ0n) is 12.2. The van der Waals surface area contributed by atoms with Gasteiger partial charge in [-0.05, 0) is 36.1 Å². The van der Waals surface area contributed by atoms with Crippen LogP contribution in [0.2, 0.25) is 0 Å². The van der Waals surface area contributed by atoms with Crippen LogP contribution in [-0.4, -0.2) is 42.1 Å². The van der Waals surface area contributed by atoms with Gasteiger partial charge in [-0.25, -0.2) is 4.79 Å². The molecule has 0 fully saturated rings. The number of nitrogens with zero attached hydrogens (tertiary/aromatic N) is 1. The first-order valence-corrected chi connectivity index (χ1v) is 7.66. The first-order valence-electron chi connectivity index (χ1n) is 6.79. The molecule has 0 radical (unpaired) electrons. The van der Waals surface area contributed by atoms with Crippen molar-refractivity contribution in [2.75, 3.05) is 20.2 Å². The van der Waals surface area contributed by atoms with E-state index in [0.717, 1.165) is 6.42 Å². The third-order valence-corrected chi connectivity index (χ3v) is 4.00. The summed E-state index contributed by atoms with van der Waals surface area (Å²) in [4.78, 5) is 25.7. The second-order valence-electron chi connectivity index (χ2n) is 4.77. The largest absolute Gasteiger partial charge is 0.482 e. The first-order chi connectivity index (χ1) is 10.6. The second-order valence-corrected chi connectivity index (χ2v) is 5.80. The molecule has 0 unspecified atom stereocenters. The molecule has 0 atom stereocenters. The summed E-state index contributed by atoms with van der Waals surface area (Å²) in [7, 11) is 1.75. The van der Waals surface area contributed by atoms with E-state index in [-0.39, 0.29) is 5.91 Å². The lowest BCUT2D eigenvalue weighted by Crippen LogP contribution is -2.28. The van der Waals surface area contributed by atoms with Crippen LogP contribution >= 0.6 is 11.3 Å². The number of thiophene rings is 1. The topological polar surface area (TPSA) is 66.8 Å². The highest BCUT2D eigenvalue weighted by Gasteiger charge is 2.13. The Bertz CT molecular complexity index is 639. The van der Waals surface area contributed by atoms with E-state index in [1.54, 1.807) is 47.5 Å². The summed E-state index contributed by atoms with van der Waals surface area (Å²) in [6, 6.07) is 10.6. The Labute approximate surface area is 132 Å². The molecular formula is C16H17NO4S. The van der Waals surface area contributed by atoms with Crippen LogP contribution in [0.1, 0.15) is 15.2 Å². The van der Waals surface area contributed by atoms with Gasteiger partial charge in [-0.3, -0.25) is 4.79 Å². The summed E-state index contributed by atoms with van der Waals surface area (Å²) in [6.45, 7) is 0.200. The van der Waals surface area contributed by atoms with Crippen molar-refractivity contribution in [2.24, 2.45) is 0 Å². The molecule has 0 spiro atoms. The van der Waals surface area contributed by atoms with Crippen molar-refractivity contribution in [3.63, 3.8) is 0 Å². The Morgan fingerprint density at radius 3 is 2.77 bits per heavy atom. The Morgan fingerprint density at radius 2 is 2.09 bits per heavy atom. The summed E-state index contributed by atoms with van der Waals surface area (Å²) in [5.41, 5.74) is 0.483. The molecule has 6 heteroatoms. The number of rotatable bonds is 7. The summed E-state index contributed by atoms with van der Waals surface area (Å²) in [5.74, 6) is -0.790. The minimum atomic E-state index is -1.05. The number of ether oxygens (including phenoxy) is 1. The lowest BCUT2D eigenvalue weighted by atomic mass is 10.2. The molecule has 1 aromatic heterocycles. The predicted molar refractivity (Wildman–Crippen MR) is 84.6 cm³/mol. The van der Waals surface area contributed by atoms with Gasteiger partial charge in [0.25, 0.3) is 5.91 Å². The van der Waals surface area contributed by atoms with E-state index in [2.05, 4.69) is 0 Å². The summed E-state index contributed by atoms with van der Waals surface area (Å²) in [6.07, 6.45) is 0.815. The van der Waals surface area contributed by atoms with E-state index in [0.29, 0.717) is 17.9 Å². The number of aliphatic carboxylic acids is 1. The molecule has 0 saturated carbocycles. The molecule has 2 aromatic rings. The Balaban J connectivity index is 1.95. The SMILES string of the molecule is CN(CCc1cccs1)C(=O)c1cccc(OCC(=O)O)c1. The van der Waals surface area contributed by atoms with E-state index < -0.39 is 12.6 Å². The maximum Gasteiger partial charge on any atom is 0.341 e. The number of hydrogen-bond acceptors (Lipinski definition) is 4. The van der Waals surface area contributed by atoms with Gasteiger partial charge in [0.2, 0.25) is 0 Å². The van der Waals surface area contributed by atoms with Crippen LogP contribution in [0.4, 0.5) is 0 Å². The summed E-state index contributed by atoms with van der Waals surface area (Å²) >= 11 is 1.67. The molecule has 1 heterocycles. The molecule has 0 saturated heterocycles. The predicted octanol–water partition coefficient (Wildman–Crippen LogP) is 2.53. The molecule has 0 aliphatic carbocycles. The van der Waals surface area contributed by atoms with Gasteiger partial charge in [-0.1, -0.05) is 12.1 Å². The van der Waals surface area contributed by atoms with Crippen LogP contribution < -0.4 is 4.74 Å². The lowest BCUT2D eigenvalue weighted by Gasteiger charge is -2.17. The van der Waals surface area contributed by atoms with Crippen molar-refractivity contribution in [3.8, 4) is 5.75 Å². The fourth-order valence-corrected chi connectivity index (χ4v) is 2.62. The highest BCUT2D eigenvalue weighted by Crippen LogP contribution is 2.15. The van der Waals surface area contributed by atoms with Gasteiger partial charge < -0.3 is 14.7 Å². The van der Waals surface area contributed by atoms with Crippen molar-refractivity contribution in [1.82, 2.24) is 4.90 Å². The zero-order chi connectivity index (χ0) is 15.9. The number of hydrogen-bond donors (Lipinski definition) is 1. The minimum Gasteiger partial charge on any atom is -0.482 e. The molecule has 0 aliphatic heterocycles. The molecule has 2 rings (SSSR count). The summed E-state index contributed by atoms with van der Waals surface area (Å²) in [5, 5.41) is 10.6. The molecule has 116 valence electrons. The lowest BCUT2D eigenvalue weighted by molar-refractivity contribution is -0.139. The average Bonchev–Trinajstić information content (AvgIpc) is 3.03. The Hall–Kier alpha value is -2.34. The molecule has 22 heavy (non-hydrogen) atoms. The van der Waals surface area contributed by atoms with Crippen LogP contribution in [-0.2, 0) is 11.2 Å². The number of benzene rings is 1. The van der Waals surface area contributed by atoms with Crippen LogP contribution in [0.25, 0.3) is 0 Å². The second kappa shape index (κ2) is 7.61. The highest BCUT2D eigenvalue weighted by molar-refractivity contribution is 7.09. The maximum absolute atomic E-state index is 12.4. The molecule has 1 N–H and O–H groups in total. The average molecular weight is 319 g/mol. The van der Waals surface area contributed by atoms with Gasteiger partial charge in [-0.15, -0.1) is 11.3 Å². The molecule has 5 nitrogen and oxygen atoms in total. The number of carboxylic acid groups (broad SMARTS) is 1. The third-order valence-electron chi connectivity index (χ3n) is 3.06. The van der Waals surface area contributed by atoms with E-state index in [1.165, 1.54) is 4.88 Å². The zero-order valence-corrected chi connectivity index (χ0v) is 13.0. The van der Waals surface area contributed by atoms with E-state index in [9.17, 15) is 9.59 Å². The van der Waals surface area contributed by atoms with Gasteiger partial charge in [-0.2, -0.15) is 0 Å². The standard InChI is InChI=1S/C16H17NO4S/c1-17(8-7-14-6-3-9-22-14)16(20)12-4-2-5-13(10-12)21-11-15(18)19/h2-6,9-10H,7-8,11H2,1H3,(H,18,19). The van der Waals surface area contributed by atoms with E-state index in [4.69, 9.17) is 9.84 Å². The van der Waals surface area contributed by atoms with Crippen molar-refractivity contribution < 1.29 is 19.4 Å². The van der Waals surface area contributed by atoms with Crippen LogP contribution in [0, 0.1) is 0 Å². The van der Waals surface area contributed by atoms with Gasteiger partial charge in [0, 0.05) is 24.0 Å². The van der Waals surface area contributed by atoms with Crippen molar-refractivity contribution in [2.45, 2.75) is 6.42 Å². The molecular weight excluding hydrogens is 302 g/mol. The fraction of sp³-hybridized carbons (Fsp3) is 0.250. The number of amides is 1. The van der Waals surface area contributed by atoms with E-state index >= 15 is 0 Å². The third kappa shape index (κ3) is 4.60. The number of carboxylic acids is 1. The van der Waals surface area contributed by atoms with Gasteiger partial charge in [0.15, 0.2) is 6.61 Å². The highest BCUT2D eigenvalue weighted by atomic mass is 32.1. The Kier molecular flexibility index (Phi) is 5.55. The van der Waals surface area contributed by atoms with Gasteiger partial charge in [0.05, 0.1) is 0 Å². The maximum atomic E-state index is 12.4. The molecule has 1 aromatic carbocycles.